The summed E-state index contributed by atoms with van der Waals surface area (Å²) < 4.78 is 0. The molecule has 0 aromatic heterocycles. The number of unbranched alkanes of at least 4 members (excludes halogenated alkanes) is 4. The summed E-state index contributed by atoms with van der Waals surface area (Å²) in [4.78, 5) is 0. The van der Waals surface area contributed by atoms with Crippen LogP contribution in [0.25, 0.3) is 0 Å². The highest BCUT2D eigenvalue weighted by atomic mass is 14.5. The van der Waals surface area contributed by atoms with Crippen LogP contribution in [0.5, 0.6) is 0 Å². The van der Waals surface area contributed by atoms with Crippen molar-refractivity contribution in [3.63, 3.8) is 0 Å². The van der Waals surface area contributed by atoms with Gasteiger partial charge in [0.25, 0.3) is 0 Å². The number of rotatable bonds is 14. The van der Waals surface area contributed by atoms with Gasteiger partial charge in [0.2, 0.25) is 0 Å². The van der Waals surface area contributed by atoms with Crippen molar-refractivity contribution >= 4 is 0 Å². The Bertz CT molecular complexity index is 249. The van der Waals surface area contributed by atoms with E-state index in [0.29, 0.717) is 0 Å². The topological polar surface area (TPSA) is 0 Å². The molecule has 22 heavy (non-hydrogen) atoms. The van der Waals surface area contributed by atoms with Crippen molar-refractivity contribution in [2.24, 2.45) is 29.6 Å². The van der Waals surface area contributed by atoms with Gasteiger partial charge in [-0.05, 0) is 36.0 Å². The van der Waals surface area contributed by atoms with E-state index in [9.17, 15) is 0 Å². The predicted molar refractivity (Wildman–Crippen MR) is 101 cm³/mol. The average Bonchev–Trinajstić information content (AvgIpc) is 3.06. The Morgan fingerprint density at radius 2 is 1.18 bits per heavy atom. The molecule has 0 bridgehead atoms. The molecule has 4 unspecified atom stereocenters. The van der Waals surface area contributed by atoms with Crippen LogP contribution in [0, 0.1) is 29.6 Å². The molecule has 0 aromatic carbocycles. The average molecular weight is 309 g/mol. The van der Waals surface area contributed by atoms with Crippen LogP contribution in [0.2, 0.25) is 0 Å². The molecule has 1 saturated carbocycles. The van der Waals surface area contributed by atoms with Gasteiger partial charge in [-0.25, -0.2) is 0 Å². The highest BCUT2D eigenvalue weighted by Gasteiger charge is 2.42. The van der Waals surface area contributed by atoms with Crippen LogP contribution in [0.1, 0.15) is 112 Å². The van der Waals surface area contributed by atoms with Gasteiger partial charge in [-0.3, -0.25) is 0 Å². The second-order valence-corrected chi connectivity index (χ2v) is 8.51. The van der Waals surface area contributed by atoms with Crippen LogP contribution in [0.15, 0.2) is 0 Å². The van der Waals surface area contributed by atoms with Crippen molar-refractivity contribution in [3.05, 3.63) is 0 Å². The number of hydrogen-bond acceptors (Lipinski definition) is 0. The predicted octanol–water partition coefficient (Wildman–Crippen LogP) is 7.86. The molecule has 1 rings (SSSR count). The fourth-order valence-electron chi connectivity index (χ4n) is 4.31. The van der Waals surface area contributed by atoms with Crippen molar-refractivity contribution in [3.8, 4) is 0 Å². The van der Waals surface area contributed by atoms with Crippen LogP contribution in [0.4, 0.5) is 0 Å². The summed E-state index contributed by atoms with van der Waals surface area (Å²) in [5.41, 5.74) is 0. The van der Waals surface area contributed by atoms with Gasteiger partial charge in [0.05, 0.1) is 0 Å². The van der Waals surface area contributed by atoms with E-state index in [0.717, 1.165) is 29.6 Å². The minimum Gasteiger partial charge on any atom is -0.0654 e. The van der Waals surface area contributed by atoms with Gasteiger partial charge in [0.15, 0.2) is 0 Å². The largest absolute Gasteiger partial charge is 0.0654 e. The molecule has 0 heteroatoms. The Morgan fingerprint density at radius 1 is 0.682 bits per heavy atom. The van der Waals surface area contributed by atoms with Crippen LogP contribution >= 0.6 is 0 Å². The van der Waals surface area contributed by atoms with Crippen molar-refractivity contribution < 1.29 is 0 Å². The normalized spacial score (nSPS) is 26.9. The van der Waals surface area contributed by atoms with Crippen molar-refractivity contribution in [1.82, 2.24) is 0 Å². The van der Waals surface area contributed by atoms with Crippen molar-refractivity contribution in [1.29, 1.82) is 0 Å². The van der Waals surface area contributed by atoms with E-state index in [1.54, 1.807) is 0 Å². The summed E-state index contributed by atoms with van der Waals surface area (Å²) in [7, 11) is 0. The molecule has 0 N–H and O–H groups in total. The second kappa shape index (κ2) is 11.5. The van der Waals surface area contributed by atoms with Gasteiger partial charge in [0.1, 0.15) is 0 Å². The smallest absolute Gasteiger partial charge is 0.0355 e. The van der Waals surface area contributed by atoms with Crippen LogP contribution in [-0.2, 0) is 0 Å². The molecule has 0 heterocycles. The van der Waals surface area contributed by atoms with Gasteiger partial charge in [0, 0.05) is 0 Å². The van der Waals surface area contributed by atoms with Crippen LogP contribution in [0.3, 0.4) is 0 Å². The number of hydrogen-bond donors (Lipinski definition) is 0. The first kappa shape index (κ1) is 20.0. The van der Waals surface area contributed by atoms with E-state index in [2.05, 4.69) is 34.6 Å². The third-order valence-corrected chi connectivity index (χ3v) is 6.45. The Labute approximate surface area is 141 Å². The van der Waals surface area contributed by atoms with Crippen LogP contribution in [-0.4, -0.2) is 0 Å². The van der Waals surface area contributed by atoms with Crippen LogP contribution < -0.4 is 0 Å². The highest BCUT2D eigenvalue weighted by molar-refractivity contribution is 4.91. The molecule has 0 nitrogen and oxygen atoms in total. The summed E-state index contributed by atoms with van der Waals surface area (Å²) in [5, 5.41) is 0. The Kier molecular flexibility index (Phi) is 10.5. The maximum absolute atomic E-state index is 2.49. The molecular weight excluding hydrogens is 264 g/mol. The Balaban J connectivity index is 2.07. The lowest BCUT2D eigenvalue weighted by molar-refractivity contribution is 0.359. The standard InChI is InChI=1S/C22H44/c1-6-8-10-15-21(14-9-7-2)16-12-11-13-18(3)17-22-19(4)20(22)5/h18-22H,6-17H2,1-5H3. The van der Waals surface area contributed by atoms with Gasteiger partial charge in [-0.15, -0.1) is 0 Å². The van der Waals surface area contributed by atoms with E-state index < -0.39 is 0 Å². The zero-order valence-electron chi connectivity index (χ0n) is 16.4. The highest BCUT2D eigenvalue weighted by Crippen LogP contribution is 2.49. The lowest BCUT2D eigenvalue weighted by Gasteiger charge is -2.17. The molecule has 132 valence electrons. The molecule has 1 aliphatic rings. The minimum absolute atomic E-state index is 0.964. The molecule has 0 aliphatic heterocycles. The molecule has 0 aromatic rings. The summed E-state index contributed by atoms with van der Waals surface area (Å²) >= 11 is 0. The quantitative estimate of drug-likeness (QED) is 0.286. The lowest BCUT2D eigenvalue weighted by Crippen LogP contribution is -2.02. The minimum atomic E-state index is 0.964. The lowest BCUT2D eigenvalue weighted by atomic mass is 9.89. The van der Waals surface area contributed by atoms with Gasteiger partial charge < -0.3 is 0 Å². The SMILES string of the molecule is CCCCCC(CCCC)CCCCC(C)CC1C(C)C1C. The second-order valence-electron chi connectivity index (χ2n) is 8.51. The summed E-state index contributed by atoms with van der Waals surface area (Å²) in [6.07, 6.45) is 17.5. The fraction of sp³-hybridized carbons (Fsp3) is 1.00. The van der Waals surface area contributed by atoms with E-state index in [1.165, 1.54) is 77.0 Å². The van der Waals surface area contributed by atoms with Crippen molar-refractivity contribution in [2.45, 2.75) is 112 Å². The van der Waals surface area contributed by atoms with Gasteiger partial charge in [-0.1, -0.05) is 105 Å². The first-order chi connectivity index (χ1) is 10.6. The zero-order valence-corrected chi connectivity index (χ0v) is 16.4. The van der Waals surface area contributed by atoms with Gasteiger partial charge in [-0.2, -0.15) is 0 Å². The third kappa shape index (κ3) is 8.02. The Hall–Kier alpha value is 0. The monoisotopic (exact) mass is 308 g/mol. The molecule has 0 radical (unpaired) electrons. The van der Waals surface area contributed by atoms with E-state index >= 15 is 0 Å². The van der Waals surface area contributed by atoms with E-state index in [-0.39, 0.29) is 0 Å². The van der Waals surface area contributed by atoms with Crippen molar-refractivity contribution in [2.75, 3.05) is 0 Å². The molecule has 0 spiro atoms. The maximum Gasteiger partial charge on any atom is -0.0355 e. The maximum atomic E-state index is 2.49. The zero-order chi connectivity index (χ0) is 16.4. The molecular formula is C22H44. The first-order valence-electron chi connectivity index (χ1n) is 10.6. The molecule has 4 atom stereocenters. The molecule has 1 aliphatic carbocycles. The third-order valence-electron chi connectivity index (χ3n) is 6.45. The molecule has 0 saturated heterocycles. The van der Waals surface area contributed by atoms with E-state index in [1.807, 2.05) is 0 Å². The molecule has 0 amide bonds. The summed E-state index contributed by atoms with van der Waals surface area (Å²) in [6.45, 7) is 12.0. The fourth-order valence-corrected chi connectivity index (χ4v) is 4.31. The summed E-state index contributed by atoms with van der Waals surface area (Å²) in [5.74, 6) is 5.08. The summed E-state index contributed by atoms with van der Waals surface area (Å²) in [6, 6.07) is 0. The van der Waals surface area contributed by atoms with E-state index in [4.69, 9.17) is 0 Å². The first-order valence-corrected chi connectivity index (χ1v) is 10.6. The molecule has 1 fully saturated rings. The Morgan fingerprint density at radius 3 is 1.73 bits per heavy atom. The van der Waals surface area contributed by atoms with Gasteiger partial charge >= 0.3 is 0 Å².